The number of hydrogen-bond donors (Lipinski definition) is 1. The van der Waals surface area contributed by atoms with Gasteiger partial charge >= 0.3 is 12.0 Å². The number of amides is 2. The number of carbonyl (C=O) groups excluding carboxylic acids is 2. The third-order valence-corrected chi connectivity index (χ3v) is 3.80. The number of urea groups is 1. The van der Waals surface area contributed by atoms with Gasteiger partial charge in [0.1, 0.15) is 0 Å². The second-order valence-electron chi connectivity index (χ2n) is 6.35. The van der Waals surface area contributed by atoms with E-state index in [2.05, 4.69) is 5.32 Å². The molecule has 0 fully saturated rings. The standard InChI is InChI=1S/C20H26N2O3/c1-4-25-19(23)12-13-22(14-15(2)3)20(24)21-18-11-7-9-16-8-5-6-10-17(16)18/h5-11,15H,4,12-14H2,1-3H3,(H,21,24). The molecule has 2 amide bonds. The Bertz CT molecular complexity index is 722. The summed E-state index contributed by atoms with van der Waals surface area (Å²) in [4.78, 5) is 26.0. The molecule has 134 valence electrons. The van der Waals surface area contributed by atoms with Gasteiger partial charge in [-0.2, -0.15) is 0 Å². The number of benzene rings is 2. The van der Waals surface area contributed by atoms with Crippen LogP contribution in [0.1, 0.15) is 27.2 Å². The highest BCUT2D eigenvalue weighted by atomic mass is 16.5. The third kappa shape index (κ3) is 5.48. The van der Waals surface area contributed by atoms with Crippen molar-refractivity contribution >= 4 is 28.5 Å². The van der Waals surface area contributed by atoms with Gasteiger partial charge in [0.25, 0.3) is 0 Å². The van der Waals surface area contributed by atoms with Gasteiger partial charge in [-0.1, -0.05) is 50.2 Å². The minimum Gasteiger partial charge on any atom is -0.466 e. The Morgan fingerprint density at radius 3 is 2.56 bits per heavy atom. The predicted molar refractivity (Wildman–Crippen MR) is 101 cm³/mol. The van der Waals surface area contributed by atoms with Crippen LogP contribution in [0.15, 0.2) is 42.5 Å². The summed E-state index contributed by atoms with van der Waals surface area (Å²) in [5.41, 5.74) is 0.771. The van der Waals surface area contributed by atoms with Crippen LogP contribution in [0.4, 0.5) is 10.5 Å². The first-order valence-electron chi connectivity index (χ1n) is 8.70. The van der Waals surface area contributed by atoms with E-state index >= 15 is 0 Å². The van der Waals surface area contributed by atoms with Crippen molar-refractivity contribution < 1.29 is 14.3 Å². The fraction of sp³-hybridized carbons (Fsp3) is 0.400. The van der Waals surface area contributed by atoms with Gasteiger partial charge in [-0.25, -0.2) is 4.79 Å². The average Bonchev–Trinajstić information content (AvgIpc) is 2.59. The molecule has 2 rings (SSSR count). The second kappa shape index (κ2) is 9.06. The van der Waals surface area contributed by atoms with Crippen LogP contribution >= 0.6 is 0 Å². The Hall–Kier alpha value is -2.56. The van der Waals surface area contributed by atoms with Crippen molar-refractivity contribution in [2.75, 3.05) is 25.0 Å². The fourth-order valence-electron chi connectivity index (χ4n) is 2.70. The quantitative estimate of drug-likeness (QED) is 0.764. The highest BCUT2D eigenvalue weighted by Gasteiger charge is 2.17. The Morgan fingerprint density at radius 1 is 1.12 bits per heavy atom. The number of esters is 1. The van der Waals surface area contributed by atoms with E-state index < -0.39 is 0 Å². The number of rotatable bonds is 7. The van der Waals surface area contributed by atoms with Crippen molar-refractivity contribution in [2.45, 2.75) is 27.2 Å². The minimum absolute atomic E-state index is 0.198. The molecule has 2 aromatic rings. The Morgan fingerprint density at radius 2 is 1.84 bits per heavy atom. The summed E-state index contributed by atoms with van der Waals surface area (Å²) in [6.07, 6.45) is 0.198. The summed E-state index contributed by atoms with van der Waals surface area (Å²) in [7, 11) is 0. The monoisotopic (exact) mass is 342 g/mol. The maximum atomic E-state index is 12.7. The van der Waals surface area contributed by atoms with Crippen LogP contribution in [0.25, 0.3) is 10.8 Å². The lowest BCUT2D eigenvalue weighted by atomic mass is 10.1. The van der Waals surface area contributed by atoms with Crippen LogP contribution in [0, 0.1) is 5.92 Å². The van der Waals surface area contributed by atoms with E-state index in [0.29, 0.717) is 25.6 Å². The zero-order valence-corrected chi connectivity index (χ0v) is 15.1. The molecule has 5 heteroatoms. The lowest BCUT2D eigenvalue weighted by Crippen LogP contribution is -2.39. The zero-order chi connectivity index (χ0) is 18.2. The Labute approximate surface area is 149 Å². The first kappa shape index (κ1) is 18.8. The molecule has 0 aliphatic carbocycles. The summed E-state index contributed by atoms with van der Waals surface area (Å²) in [5.74, 6) is 0.0229. The first-order valence-corrected chi connectivity index (χ1v) is 8.70. The number of anilines is 1. The van der Waals surface area contributed by atoms with Crippen LogP contribution in [0.3, 0.4) is 0 Å². The second-order valence-corrected chi connectivity index (χ2v) is 6.35. The van der Waals surface area contributed by atoms with Crippen LogP contribution in [0.2, 0.25) is 0 Å². The number of nitrogens with zero attached hydrogens (tertiary/aromatic N) is 1. The molecule has 0 bridgehead atoms. The molecule has 0 saturated heterocycles. The molecule has 0 aromatic heterocycles. The van der Waals surface area contributed by atoms with Gasteiger partial charge in [0, 0.05) is 18.5 Å². The molecular weight excluding hydrogens is 316 g/mol. The highest BCUT2D eigenvalue weighted by Crippen LogP contribution is 2.23. The first-order chi connectivity index (χ1) is 12.0. The average molecular weight is 342 g/mol. The molecule has 5 nitrogen and oxygen atoms in total. The molecule has 1 N–H and O–H groups in total. The zero-order valence-electron chi connectivity index (χ0n) is 15.1. The number of hydrogen-bond acceptors (Lipinski definition) is 3. The molecule has 25 heavy (non-hydrogen) atoms. The van der Waals surface area contributed by atoms with Crippen molar-refractivity contribution in [3.8, 4) is 0 Å². The SMILES string of the molecule is CCOC(=O)CCN(CC(C)C)C(=O)Nc1cccc2ccccc12. The smallest absolute Gasteiger partial charge is 0.321 e. The van der Waals surface area contributed by atoms with Crippen molar-refractivity contribution in [1.29, 1.82) is 0 Å². The minimum atomic E-state index is -0.283. The van der Waals surface area contributed by atoms with Gasteiger partial charge in [-0.05, 0) is 24.3 Å². The number of nitrogens with one attached hydrogen (secondary N) is 1. The lowest BCUT2D eigenvalue weighted by molar-refractivity contribution is -0.143. The molecule has 0 aliphatic rings. The molecule has 0 unspecified atom stereocenters. The summed E-state index contributed by atoms with van der Waals surface area (Å²) in [6.45, 7) is 7.14. The molecule has 0 atom stereocenters. The van der Waals surface area contributed by atoms with E-state index in [4.69, 9.17) is 4.74 Å². The topological polar surface area (TPSA) is 58.6 Å². The van der Waals surface area contributed by atoms with E-state index in [0.717, 1.165) is 16.5 Å². The van der Waals surface area contributed by atoms with Crippen molar-refractivity contribution in [2.24, 2.45) is 5.92 Å². The van der Waals surface area contributed by atoms with E-state index in [1.165, 1.54) is 0 Å². The van der Waals surface area contributed by atoms with Crippen LogP contribution in [-0.4, -0.2) is 36.6 Å². The summed E-state index contributed by atoms with van der Waals surface area (Å²) >= 11 is 0. The lowest BCUT2D eigenvalue weighted by Gasteiger charge is -2.25. The molecule has 0 heterocycles. The van der Waals surface area contributed by atoms with E-state index in [1.807, 2.05) is 56.3 Å². The maximum absolute atomic E-state index is 12.7. The molecule has 0 radical (unpaired) electrons. The van der Waals surface area contributed by atoms with Gasteiger partial charge in [0.05, 0.1) is 18.7 Å². The maximum Gasteiger partial charge on any atom is 0.321 e. The number of ether oxygens (including phenoxy) is 1. The van der Waals surface area contributed by atoms with E-state index in [9.17, 15) is 9.59 Å². The largest absolute Gasteiger partial charge is 0.466 e. The fourth-order valence-corrected chi connectivity index (χ4v) is 2.70. The highest BCUT2D eigenvalue weighted by molar-refractivity contribution is 6.01. The molecule has 2 aromatic carbocycles. The van der Waals surface area contributed by atoms with Gasteiger partial charge in [0.15, 0.2) is 0 Å². The third-order valence-electron chi connectivity index (χ3n) is 3.80. The van der Waals surface area contributed by atoms with E-state index in [1.54, 1.807) is 11.8 Å². The van der Waals surface area contributed by atoms with Gasteiger partial charge in [0.2, 0.25) is 0 Å². The normalized spacial score (nSPS) is 10.7. The van der Waals surface area contributed by atoms with Crippen molar-refractivity contribution in [1.82, 2.24) is 4.90 Å². The number of fused-ring (bicyclic) bond motifs is 1. The van der Waals surface area contributed by atoms with Crippen LogP contribution in [0.5, 0.6) is 0 Å². The van der Waals surface area contributed by atoms with Crippen LogP contribution in [-0.2, 0) is 9.53 Å². The summed E-state index contributed by atoms with van der Waals surface area (Å²) < 4.78 is 4.96. The van der Waals surface area contributed by atoms with Crippen LogP contribution < -0.4 is 5.32 Å². The number of carbonyl (C=O) groups is 2. The molecular formula is C20H26N2O3. The van der Waals surface area contributed by atoms with E-state index in [-0.39, 0.29) is 18.4 Å². The molecule has 0 aliphatic heterocycles. The Balaban J connectivity index is 2.11. The van der Waals surface area contributed by atoms with Gasteiger partial charge in [-0.15, -0.1) is 0 Å². The van der Waals surface area contributed by atoms with Gasteiger partial charge < -0.3 is 15.0 Å². The van der Waals surface area contributed by atoms with Crippen molar-refractivity contribution in [3.63, 3.8) is 0 Å². The van der Waals surface area contributed by atoms with Crippen molar-refractivity contribution in [3.05, 3.63) is 42.5 Å². The Kier molecular flexibility index (Phi) is 6.81. The predicted octanol–water partition coefficient (Wildman–Crippen LogP) is 4.28. The summed E-state index contributed by atoms with van der Waals surface area (Å²) in [6, 6.07) is 13.5. The van der Waals surface area contributed by atoms with Gasteiger partial charge in [-0.3, -0.25) is 4.79 Å². The molecule has 0 saturated carbocycles. The summed E-state index contributed by atoms with van der Waals surface area (Å²) in [5, 5.41) is 5.05. The molecule has 0 spiro atoms.